The molecule has 2 heterocycles. The van der Waals surface area contributed by atoms with Gasteiger partial charge in [-0.25, -0.2) is 32.5 Å². The molecule has 6 rings (SSSR count). The quantitative estimate of drug-likeness (QED) is 0.176. The molecule has 0 bridgehead atoms. The van der Waals surface area contributed by atoms with Crippen LogP contribution in [-0.4, -0.2) is 15.0 Å². The van der Waals surface area contributed by atoms with Crippen molar-refractivity contribution in [2.75, 3.05) is 0 Å². The number of halogens is 4. The Kier molecular flexibility index (Phi) is 5.73. The minimum Gasteiger partial charge on any atom is -0.236 e. The smallest absolute Gasteiger partial charge is 0.173 e. The maximum absolute atomic E-state index is 15.5. The van der Waals surface area contributed by atoms with E-state index in [1.54, 1.807) is 78.9 Å². The first kappa shape index (κ1) is 23.0. The van der Waals surface area contributed by atoms with Crippen LogP contribution in [0.2, 0.25) is 0 Å². The average Bonchev–Trinajstić information content (AvgIpc) is 3.37. The van der Waals surface area contributed by atoms with E-state index in [9.17, 15) is 0 Å². The zero-order valence-electron chi connectivity index (χ0n) is 18.9. The molecule has 0 amide bonds. The first-order valence-electron chi connectivity index (χ1n) is 11.2. The van der Waals surface area contributed by atoms with Crippen molar-refractivity contribution in [3.8, 4) is 44.5 Å². The van der Waals surface area contributed by atoms with Gasteiger partial charge >= 0.3 is 0 Å². The summed E-state index contributed by atoms with van der Waals surface area (Å²) in [5, 5.41) is -0.163. The van der Waals surface area contributed by atoms with E-state index in [0.717, 1.165) is 11.3 Å². The molecule has 0 radical (unpaired) electrons. The molecule has 3 nitrogen and oxygen atoms in total. The molecule has 8 heteroatoms. The Morgan fingerprint density at radius 3 is 1.54 bits per heavy atom. The molecule has 0 aliphatic carbocycles. The highest BCUT2D eigenvalue weighted by Gasteiger charge is 2.30. The first-order valence-corrected chi connectivity index (χ1v) is 12.0. The monoisotopic (exact) mass is 513 g/mol. The number of thiazole rings is 1. The van der Waals surface area contributed by atoms with Crippen molar-refractivity contribution in [3.05, 3.63) is 114 Å². The van der Waals surface area contributed by atoms with Gasteiger partial charge in [0.25, 0.3) is 0 Å². The van der Waals surface area contributed by atoms with E-state index in [1.807, 2.05) is 12.1 Å². The summed E-state index contributed by atoms with van der Waals surface area (Å²) in [7, 11) is 0. The van der Waals surface area contributed by atoms with Crippen molar-refractivity contribution in [1.82, 2.24) is 15.0 Å². The van der Waals surface area contributed by atoms with E-state index in [-0.39, 0.29) is 5.01 Å². The van der Waals surface area contributed by atoms with Gasteiger partial charge in [0.05, 0.1) is 32.7 Å². The molecule has 0 aliphatic heterocycles. The summed E-state index contributed by atoms with van der Waals surface area (Å²) >= 11 is 0.942. The summed E-state index contributed by atoms with van der Waals surface area (Å²) < 4.78 is 62.4. The maximum atomic E-state index is 15.5. The fourth-order valence-corrected chi connectivity index (χ4v) is 5.07. The molecule has 0 atom stereocenters. The second kappa shape index (κ2) is 9.22. The molecule has 0 N–H and O–H groups in total. The van der Waals surface area contributed by atoms with Crippen LogP contribution in [0.5, 0.6) is 0 Å². The Balaban J connectivity index is 1.58. The van der Waals surface area contributed by atoms with Crippen LogP contribution in [0.3, 0.4) is 0 Å². The summed E-state index contributed by atoms with van der Waals surface area (Å²) in [4.78, 5) is 12.8. The number of hydrogen-bond donors (Lipinski definition) is 0. The van der Waals surface area contributed by atoms with Gasteiger partial charge in [0, 0.05) is 11.1 Å². The van der Waals surface area contributed by atoms with Crippen molar-refractivity contribution in [2.45, 2.75) is 0 Å². The van der Waals surface area contributed by atoms with Gasteiger partial charge in [-0.05, 0) is 18.2 Å². The third kappa shape index (κ3) is 4.05. The van der Waals surface area contributed by atoms with Crippen LogP contribution in [0, 0.1) is 23.3 Å². The summed E-state index contributed by atoms with van der Waals surface area (Å²) in [6, 6.07) is 26.3. The molecule has 0 saturated heterocycles. The number of hydrogen-bond acceptors (Lipinski definition) is 4. The van der Waals surface area contributed by atoms with Crippen molar-refractivity contribution in [3.63, 3.8) is 0 Å². The molecule has 2 aromatic heterocycles. The van der Waals surface area contributed by atoms with Crippen LogP contribution in [0.1, 0.15) is 0 Å². The van der Waals surface area contributed by atoms with Gasteiger partial charge in [0.15, 0.2) is 29.1 Å². The molecule has 0 fully saturated rings. The van der Waals surface area contributed by atoms with Crippen LogP contribution < -0.4 is 0 Å². The Bertz CT molecular complexity index is 1650. The lowest BCUT2D eigenvalue weighted by Gasteiger charge is -2.13. The molecule has 0 aliphatic rings. The number of rotatable bonds is 4. The number of fused-ring (bicyclic) bond motifs is 1. The van der Waals surface area contributed by atoms with Gasteiger partial charge in [-0.15, -0.1) is 11.3 Å². The Hall–Kier alpha value is -4.43. The third-order valence-electron chi connectivity index (χ3n) is 5.86. The predicted molar refractivity (Wildman–Crippen MR) is 137 cm³/mol. The van der Waals surface area contributed by atoms with E-state index in [0.29, 0.717) is 32.7 Å². The minimum absolute atomic E-state index is 0.163. The van der Waals surface area contributed by atoms with E-state index >= 15 is 17.6 Å². The molecule has 180 valence electrons. The minimum atomic E-state index is -1.59. The van der Waals surface area contributed by atoms with Gasteiger partial charge < -0.3 is 0 Å². The largest absolute Gasteiger partial charge is 0.236 e. The summed E-state index contributed by atoms with van der Waals surface area (Å²) in [6.07, 6.45) is 0. The van der Waals surface area contributed by atoms with Gasteiger partial charge in [0.2, 0.25) is 0 Å². The van der Waals surface area contributed by atoms with Crippen molar-refractivity contribution in [2.24, 2.45) is 0 Å². The van der Waals surface area contributed by atoms with Crippen molar-refractivity contribution < 1.29 is 17.6 Å². The number of nitrogens with zero attached hydrogens (tertiary/aromatic N) is 3. The Morgan fingerprint density at radius 1 is 0.514 bits per heavy atom. The fraction of sp³-hybridized carbons (Fsp3) is 0. The number of para-hydroxylation sites is 1. The highest BCUT2D eigenvalue weighted by molar-refractivity contribution is 7.21. The average molecular weight is 514 g/mol. The zero-order valence-corrected chi connectivity index (χ0v) is 19.7. The maximum Gasteiger partial charge on any atom is 0.173 e. The highest BCUT2D eigenvalue weighted by atomic mass is 32.1. The van der Waals surface area contributed by atoms with Crippen molar-refractivity contribution >= 4 is 21.6 Å². The standard InChI is InChI=1S/C29H15F4N3S/c30-24-22(25(31)27(33)23(26(24)32)29-36-18-13-7-8-14-21(18)37-29)28-34-19(16-9-3-1-4-10-16)15-20(35-28)17-11-5-2-6-12-17/h1-15H. The van der Waals surface area contributed by atoms with Crippen LogP contribution in [0.15, 0.2) is 91.0 Å². The van der Waals surface area contributed by atoms with Crippen molar-refractivity contribution in [1.29, 1.82) is 0 Å². The molecule has 37 heavy (non-hydrogen) atoms. The predicted octanol–water partition coefficient (Wildman–Crippen LogP) is 8.31. The van der Waals surface area contributed by atoms with Gasteiger partial charge in [-0.3, -0.25) is 0 Å². The topological polar surface area (TPSA) is 38.7 Å². The molecular weight excluding hydrogens is 498 g/mol. The highest BCUT2D eigenvalue weighted by Crippen LogP contribution is 2.39. The Labute approximate surface area is 212 Å². The first-order chi connectivity index (χ1) is 18.0. The molecule has 4 aromatic carbocycles. The van der Waals surface area contributed by atoms with Crippen LogP contribution >= 0.6 is 11.3 Å². The van der Waals surface area contributed by atoms with Crippen LogP contribution in [0.4, 0.5) is 17.6 Å². The lowest BCUT2D eigenvalue weighted by molar-refractivity contribution is 0.462. The summed E-state index contributed by atoms with van der Waals surface area (Å²) in [5.74, 6) is -6.75. The van der Waals surface area contributed by atoms with Gasteiger partial charge in [-0.2, -0.15) is 0 Å². The fourth-order valence-electron chi connectivity index (χ4n) is 4.07. The SMILES string of the molecule is Fc1c(F)c(-c2nc3ccccc3s2)c(F)c(F)c1-c1nc(-c2ccccc2)cc(-c2ccccc2)n1. The zero-order chi connectivity index (χ0) is 25.5. The number of aromatic nitrogens is 3. The van der Waals surface area contributed by atoms with Gasteiger partial charge in [0.1, 0.15) is 5.01 Å². The lowest BCUT2D eigenvalue weighted by Crippen LogP contribution is -2.06. The van der Waals surface area contributed by atoms with Crippen LogP contribution in [-0.2, 0) is 0 Å². The van der Waals surface area contributed by atoms with E-state index in [1.165, 1.54) is 0 Å². The Morgan fingerprint density at radius 2 is 1.00 bits per heavy atom. The second-order valence-corrected chi connectivity index (χ2v) is 9.22. The molecule has 6 aromatic rings. The van der Waals surface area contributed by atoms with E-state index in [4.69, 9.17) is 0 Å². The van der Waals surface area contributed by atoms with Crippen LogP contribution in [0.25, 0.3) is 54.7 Å². The third-order valence-corrected chi connectivity index (χ3v) is 6.91. The molecule has 0 spiro atoms. The summed E-state index contributed by atoms with van der Waals surface area (Å²) in [5.41, 5.74) is 0.626. The summed E-state index contributed by atoms with van der Waals surface area (Å²) in [6.45, 7) is 0. The van der Waals surface area contributed by atoms with E-state index < -0.39 is 40.2 Å². The molecule has 0 unspecified atom stereocenters. The number of benzene rings is 4. The second-order valence-electron chi connectivity index (χ2n) is 8.19. The van der Waals surface area contributed by atoms with Gasteiger partial charge in [-0.1, -0.05) is 72.8 Å². The lowest BCUT2D eigenvalue weighted by atomic mass is 10.0. The molecule has 0 saturated carbocycles. The normalized spacial score (nSPS) is 11.2. The van der Waals surface area contributed by atoms with E-state index in [2.05, 4.69) is 15.0 Å². The molecular formula is C29H15F4N3S.